The number of aliphatic hydroxyl groups excluding tert-OH is 1. The molecular weight excluding hydrogens is 244 g/mol. The maximum atomic E-state index is 11.6. The minimum atomic E-state index is -0.349. The van der Waals surface area contributed by atoms with Crippen molar-refractivity contribution in [1.29, 1.82) is 0 Å². The molecule has 1 aromatic heterocycles. The topological polar surface area (TPSA) is 65.7 Å². The van der Waals surface area contributed by atoms with Crippen LogP contribution in [0.3, 0.4) is 0 Å². The lowest BCUT2D eigenvalue weighted by Gasteiger charge is -2.24. The molecular formula is C14H22N2O3. The van der Waals surface area contributed by atoms with Gasteiger partial charge >= 0.3 is 0 Å². The molecule has 1 unspecified atom stereocenters. The average molecular weight is 266 g/mol. The third-order valence-electron chi connectivity index (χ3n) is 3.80. The van der Waals surface area contributed by atoms with Crippen molar-refractivity contribution in [2.24, 2.45) is 0 Å². The lowest BCUT2D eigenvalue weighted by molar-refractivity contribution is 0.215. The van der Waals surface area contributed by atoms with Gasteiger partial charge in [0.25, 0.3) is 0 Å². The summed E-state index contributed by atoms with van der Waals surface area (Å²) in [6, 6.07) is 1.40. The Labute approximate surface area is 113 Å². The van der Waals surface area contributed by atoms with Crippen LogP contribution in [0.15, 0.2) is 17.1 Å². The van der Waals surface area contributed by atoms with Gasteiger partial charge in [0, 0.05) is 18.3 Å². The third kappa shape index (κ3) is 3.16. The van der Waals surface area contributed by atoms with E-state index in [0.717, 1.165) is 25.2 Å². The van der Waals surface area contributed by atoms with Gasteiger partial charge in [0.2, 0.25) is 5.43 Å². The Morgan fingerprint density at radius 2 is 2.05 bits per heavy atom. The van der Waals surface area contributed by atoms with Gasteiger partial charge in [-0.1, -0.05) is 6.92 Å². The van der Waals surface area contributed by atoms with Crippen LogP contribution in [0.25, 0.3) is 0 Å². The Balaban J connectivity index is 2.32. The lowest BCUT2D eigenvalue weighted by Crippen LogP contribution is -2.26. The van der Waals surface area contributed by atoms with E-state index in [4.69, 9.17) is 0 Å². The van der Waals surface area contributed by atoms with E-state index in [1.165, 1.54) is 25.1 Å². The molecule has 0 amide bonds. The minimum absolute atomic E-state index is 0.00576. The van der Waals surface area contributed by atoms with Gasteiger partial charge in [-0.25, -0.2) is 0 Å². The second-order valence-corrected chi connectivity index (χ2v) is 5.15. The van der Waals surface area contributed by atoms with Gasteiger partial charge in [-0.2, -0.15) is 0 Å². The fourth-order valence-electron chi connectivity index (χ4n) is 2.63. The summed E-state index contributed by atoms with van der Waals surface area (Å²) in [7, 11) is 0. The van der Waals surface area contributed by atoms with Gasteiger partial charge in [0.1, 0.15) is 0 Å². The standard InChI is InChI=1S/C14H22N2O3/c1-2-11(10-17)16-9-14(19)13(18)7-12(16)8-15-5-3-4-6-15/h7,9,11,17,19H,2-6,8,10H2,1H3. The van der Waals surface area contributed by atoms with Crippen LogP contribution in [0.2, 0.25) is 0 Å². The number of hydrogen-bond donors (Lipinski definition) is 2. The number of aromatic hydroxyl groups is 1. The molecule has 1 aliphatic heterocycles. The molecule has 1 aromatic rings. The van der Waals surface area contributed by atoms with Crippen molar-refractivity contribution >= 4 is 0 Å². The van der Waals surface area contributed by atoms with Crippen molar-refractivity contribution in [2.45, 2.75) is 38.8 Å². The maximum Gasteiger partial charge on any atom is 0.223 e. The number of hydrogen-bond acceptors (Lipinski definition) is 4. The van der Waals surface area contributed by atoms with Crippen LogP contribution in [0, 0.1) is 0 Å². The summed E-state index contributed by atoms with van der Waals surface area (Å²) in [6.07, 6.45) is 4.60. The second kappa shape index (κ2) is 6.21. The quantitative estimate of drug-likeness (QED) is 0.837. The SMILES string of the molecule is CCC(CO)n1cc(O)c(=O)cc1CN1CCCC1. The Kier molecular flexibility index (Phi) is 4.61. The summed E-state index contributed by atoms with van der Waals surface area (Å²) in [4.78, 5) is 13.9. The molecule has 5 nitrogen and oxygen atoms in total. The van der Waals surface area contributed by atoms with E-state index in [2.05, 4.69) is 4.90 Å². The van der Waals surface area contributed by atoms with Crippen molar-refractivity contribution in [3.63, 3.8) is 0 Å². The van der Waals surface area contributed by atoms with Gasteiger partial charge in [-0.15, -0.1) is 0 Å². The summed E-state index contributed by atoms with van der Waals surface area (Å²) < 4.78 is 1.84. The van der Waals surface area contributed by atoms with E-state index in [9.17, 15) is 15.0 Å². The Hall–Kier alpha value is -1.33. The van der Waals surface area contributed by atoms with Crippen LogP contribution in [0.5, 0.6) is 5.75 Å². The first-order valence-electron chi connectivity index (χ1n) is 6.93. The van der Waals surface area contributed by atoms with Crippen LogP contribution in [0.1, 0.15) is 37.9 Å². The first-order valence-corrected chi connectivity index (χ1v) is 6.93. The minimum Gasteiger partial charge on any atom is -0.503 e. The zero-order valence-corrected chi connectivity index (χ0v) is 11.4. The zero-order valence-electron chi connectivity index (χ0n) is 11.4. The number of nitrogens with zero attached hydrogens (tertiary/aromatic N) is 2. The summed E-state index contributed by atoms with van der Waals surface area (Å²) >= 11 is 0. The van der Waals surface area contributed by atoms with Crippen molar-refractivity contribution < 1.29 is 10.2 Å². The molecule has 0 radical (unpaired) electrons. The van der Waals surface area contributed by atoms with Crippen LogP contribution in [-0.2, 0) is 6.54 Å². The summed E-state index contributed by atoms with van der Waals surface area (Å²) in [6.45, 7) is 4.78. The van der Waals surface area contributed by atoms with E-state index in [-0.39, 0.29) is 23.8 Å². The van der Waals surface area contributed by atoms with Crippen molar-refractivity contribution in [3.8, 4) is 5.75 Å². The fraction of sp³-hybridized carbons (Fsp3) is 0.643. The molecule has 0 spiro atoms. The third-order valence-corrected chi connectivity index (χ3v) is 3.80. The summed E-state index contributed by atoms with van der Waals surface area (Å²) in [5.41, 5.74) is 0.517. The second-order valence-electron chi connectivity index (χ2n) is 5.15. The lowest BCUT2D eigenvalue weighted by atomic mass is 10.2. The largest absolute Gasteiger partial charge is 0.503 e. The van der Waals surface area contributed by atoms with Crippen LogP contribution >= 0.6 is 0 Å². The molecule has 2 rings (SSSR count). The van der Waals surface area contributed by atoms with E-state index < -0.39 is 0 Å². The van der Waals surface area contributed by atoms with E-state index in [1.54, 1.807) is 0 Å². The summed E-state index contributed by atoms with van der Waals surface area (Å²) in [5, 5.41) is 19.0. The molecule has 1 fully saturated rings. The number of likely N-dealkylation sites (tertiary alicyclic amines) is 1. The zero-order chi connectivity index (χ0) is 13.8. The predicted octanol–water partition coefficient (Wildman–Crippen LogP) is 1.09. The molecule has 0 saturated carbocycles. The molecule has 0 aromatic carbocycles. The van der Waals surface area contributed by atoms with Crippen molar-refractivity contribution in [1.82, 2.24) is 9.47 Å². The monoisotopic (exact) mass is 266 g/mol. The highest BCUT2D eigenvalue weighted by Crippen LogP contribution is 2.19. The van der Waals surface area contributed by atoms with Gasteiger partial charge in [0.05, 0.1) is 18.8 Å². The van der Waals surface area contributed by atoms with Gasteiger partial charge < -0.3 is 14.8 Å². The Morgan fingerprint density at radius 3 is 2.63 bits per heavy atom. The van der Waals surface area contributed by atoms with E-state index >= 15 is 0 Å². The molecule has 106 valence electrons. The molecule has 0 aliphatic carbocycles. The van der Waals surface area contributed by atoms with Gasteiger partial charge in [-0.3, -0.25) is 9.69 Å². The molecule has 19 heavy (non-hydrogen) atoms. The number of aliphatic hydroxyl groups is 1. The number of pyridine rings is 1. The predicted molar refractivity (Wildman–Crippen MR) is 73.3 cm³/mol. The van der Waals surface area contributed by atoms with Gasteiger partial charge in [0.15, 0.2) is 5.75 Å². The number of rotatable bonds is 5. The molecule has 2 N–H and O–H groups in total. The first kappa shape index (κ1) is 14.1. The van der Waals surface area contributed by atoms with Crippen LogP contribution in [-0.4, -0.2) is 39.4 Å². The first-order chi connectivity index (χ1) is 9.15. The smallest absolute Gasteiger partial charge is 0.223 e. The molecule has 1 aliphatic rings. The molecule has 0 bridgehead atoms. The van der Waals surface area contributed by atoms with Crippen molar-refractivity contribution in [2.75, 3.05) is 19.7 Å². The molecule has 5 heteroatoms. The maximum absolute atomic E-state index is 11.6. The normalized spacial score (nSPS) is 17.8. The number of aromatic nitrogens is 1. The highest BCUT2D eigenvalue weighted by molar-refractivity contribution is 5.21. The molecule has 1 atom stereocenters. The van der Waals surface area contributed by atoms with E-state index in [0.29, 0.717) is 6.54 Å². The Bertz CT molecular complexity index is 474. The average Bonchev–Trinajstić information content (AvgIpc) is 2.89. The van der Waals surface area contributed by atoms with Crippen LogP contribution in [0.4, 0.5) is 0 Å². The highest BCUT2D eigenvalue weighted by Gasteiger charge is 2.17. The fourth-order valence-corrected chi connectivity index (χ4v) is 2.63. The van der Waals surface area contributed by atoms with Crippen LogP contribution < -0.4 is 5.43 Å². The van der Waals surface area contributed by atoms with E-state index in [1.807, 2.05) is 11.5 Å². The van der Waals surface area contributed by atoms with Crippen molar-refractivity contribution in [3.05, 3.63) is 28.2 Å². The molecule has 2 heterocycles. The Morgan fingerprint density at radius 1 is 1.37 bits per heavy atom. The van der Waals surface area contributed by atoms with Gasteiger partial charge in [-0.05, 0) is 32.4 Å². The molecule has 1 saturated heterocycles. The summed E-state index contributed by atoms with van der Waals surface area (Å²) in [5.74, 6) is -0.253. The highest BCUT2D eigenvalue weighted by atomic mass is 16.3.